The number of hydrogen-bond donors (Lipinski definition) is 1. The van der Waals surface area contributed by atoms with Gasteiger partial charge in [0.1, 0.15) is 0 Å². The first kappa shape index (κ1) is 18.7. The van der Waals surface area contributed by atoms with Gasteiger partial charge in [0.2, 0.25) is 11.8 Å². The minimum absolute atomic E-state index is 0.181. The Bertz CT molecular complexity index is 462. The number of amides is 2. The number of nitrogens with zero attached hydrogens (tertiary/aromatic N) is 2. The van der Waals surface area contributed by atoms with Gasteiger partial charge in [-0.15, -0.1) is 0 Å². The van der Waals surface area contributed by atoms with Crippen LogP contribution in [0.25, 0.3) is 0 Å². The van der Waals surface area contributed by atoms with Crippen molar-refractivity contribution in [2.24, 2.45) is 11.8 Å². The molecule has 1 aliphatic carbocycles. The highest BCUT2D eigenvalue weighted by molar-refractivity contribution is 5.80. The Labute approximate surface area is 152 Å². The van der Waals surface area contributed by atoms with Gasteiger partial charge in [-0.2, -0.15) is 0 Å². The van der Waals surface area contributed by atoms with E-state index in [1.54, 1.807) is 0 Å². The van der Waals surface area contributed by atoms with E-state index in [1.807, 2.05) is 4.90 Å². The lowest BCUT2D eigenvalue weighted by atomic mass is 9.81. The van der Waals surface area contributed by atoms with Gasteiger partial charge in [0, 0.05) is 38.1 Å². The lowest BCUT2D eigenvalue weighted by Crippen LogP contribution is -2.58. The Hall–Kier alpha value is -1.10. The first-order valence-corrected chi connectivity index (χ1v) is 10.5. The molecular weight excluding hydrogens is 314 g/mol. The highest BCUT2D eigenvalue weighted by Crippen LogP contribution is 2.31. The molecule has 0 bridgehead atoms. The van der Waals surface area contributed by atoms with E-state index < -0.39 is 0 Å². The van der Waals surface area contributed by atoms with E-state index in [0.717, 1.165) is 57.8 Å². The summed E-state index contributed by atoms with van der Waals surface area (Å²) in [6.45, 7) is 5.87. The summed E-state index contributed by atoms with van der Waals surface area (Å²) in [5.74, 6) is 1.47. The van der Waals surface area contributed by atoms with Crippen LogP contribution >= 0.6 is 0 Å². The molecule has 0 radical (unpaired) electrons. The van der Waals surface area contributed by atoms with Gasteiger partial charge in [0.25, 0.3) is 0 Å². The molecule has 0 aromatic heterocycles. The Morgan fingerprint density at radius 3 is 2.68 bits per heavy atom. The van der Waals surface area contributed by atoms with Gasteiger partial charge in [0.15, 0.2) is 0 Å². The number of carbonyl (C=O) groups excluding carboxylic acids is 2. The standard InChI is InChI=1S/C20H35N3O2/c1-2-17(13-16-7-4-3-5-8-16)20(25)22-11-6-9-18(15-22)23-12-10-21-14-19(23)24/h16-18,21H,2-15H2,1H3. The second-order valence-corrected chi connectivity index (χ2v) is 8.19. The van der Waals surface area contributed by atoms with E-state index in [0.29, 0.717) is 12.5 Å². The fraction of sp³-hybridized carbons (Fsp3) is 0.900. The number of likely N-dealkylation sites (tertiary alicyclic amines) is 1. The number of nitrogens with one attached hydrogen (secondary N) is 1. The van der Waals surface area contributed by atoms with E-state index in [1.165, 1.54) is 32.1 Å². The lowest BCUT2D eigenvalue weighted by Gasteiger charge is -2.42. The molecule has 0 aromatic carbocycles. The van der Waals surface area contributed by atoms with Crippen LogP contribution in [-0.2, 0) is 9.59 Å². The van der Waals surface area contributed by atoms with Gasteiger partial charge < -0.3 is 15.1 Å². The van der Waals surface area contributed by atoms with Crippen LogP contribution in [0, 0.1) is 11.8 Å². The second kappa shape index (κ2) is 9.02. The van der Waals surface area contributed by atoms with Crippen molar-refractivity contribution >= 4 is 11.8 Å². The zero-order chi connectivity index (χ0) is 17.6. The third-order valence-corrected chi connectivity index (χ3v) is 6.46. The topological polar surface area (TPSA) is 52.7 Å². The van der Waals surface area contributed by atoms with Crippen molar-refractivity contribution in [1.29, 1.82) is 0 Å². The Balaban J connectivity index is 1.57. The van der Waals surface area contributed by atoms with Crippen LogP contribution in [0.15, 0.2) is 0 Å². The van der Waals surface area contributed by atoms with E-state index >= 15 is 0 Å². The predicted octanol–water partition coefficient (Wildman–Crippen LogP) is 2.41. The van der Waals surface area contributed by atoms with Crippen molar-refractivity contribution in [3.63, 3.8) is 0 Å². The van der Waals surface area contributed by atoms with E-state index in [2.05, 4.69) is 17.1 Å². The third-order valence-electron chi connectivity index (χ3n) is 6.46. The molecule has 25 heavy (non-hydrogen) atoms. The summed E-state index contributed by atoms with van der Waals surface area (Å²) in [6.07, 6.45) is 10.7. The molecule has 2 heterocycles. The van der Waals surface area contributed by atoms with Gasteiger partial charge in [-0.05, 0) is 31.6 Å². The number of piperazine rings is 1. The summed E-state index contributed by atoms with van der Waals surface area (Å²) in [7, 11) is 0. The van der Waals surface area contributed by atoms with Crippen molar-refractivity contribution in [2.45, 2.75) is 70.8 Å². The summed E-state index contributed by atoms with van der Waals surface area (Å²) in [4.78, 5) is 29.4. The summed E-state index contributed by atoms with van der Waals surface area (Å²) in [6, 6.07) is 0.222. The summed E-state index contributed by atoms with van der Waals surface area (Å²) in [5, 5.41) is 3.14. The fourth-order valence-electron chi connectivity index (χ4n) is 4.94. The van der Waals surface area contributed by atoms with Crippen LogP contribution in [0.2, 0.25) is 0 Å². The van der Waals surface area contributed by atoms with Gasteiger partial charge in [-0.1, -0.05) is 39.0 Å². The van der Waals surface area contributed by atoms with Crippen LogP contribution in [0.5, 0.6) is 0 Å². The predicted molar refractivity (Wildman–Crippen MR) is 99.2 cm³/mol. The number of piperidine rings is 1. The van der Waals surface area contributed by atoms with Crippen LogP contribution in [0.3, 0.4) is 0 Å². The van der Waals surface area contributed by atoms with Crippen molar-refractivity contribution in [3.05, 3.63) is 0 Å². The Kier molecular flexibility index (Phi) is 6.74. The highest BCUT2D eigenvalue weighted by Gasteiger charge is 2.34. The molecule has 2 atom stereocenters. The maximum absolute atomic E-state index is 13.1. The van der Waals surface area contributed by atoms with Crippen molar-refractivity contribution < 1.29 is 9.59 Å². The quantitative estimate of drug-likeness (QED) is 0.829. The molecule has 142 valence electrons. The van der Waals surface area contributed by atoms with Crippen molar-refractivity contribution in [1.82, 2.24) is 15.1 Å². The van der Waals surface area contributed by atoms with Crippen molar-refractivity contribution in [3.8, 4) is 0 Å². The van der Waals surface area contributed by atoms with Crippen LogP contribution in [0.4, 0.5) is 0 Å². The molecule has 1 saturated carbocycles. The average Bonchev–Trinajstić information content (AvgIpc) is 2.67. The molecule has 5 heteroatoms. The molecular formula is C20H35N3O2. The maximum Gasteiger partial charge on any atom is 0.236 e. The smallest absolute Gasteiger partial charge is 0.236 e. The molecule has 2 amide bonds. The zero-order valence-electron chi connectivity index (χ0n) is 15.8. The first-order chi connectivity index (χ1) is 12.2. The monoisotopic (exact) mass is 349 g/mol. The van der Waals surface area contributed by atoms with E-state index in [4.69, 9.17) is 0 Å². The third kappa shape index (κ3) is 4.75. The lowest BCUT2D eigenvalue weighted by molar-refractivity contribution is -0.143. The van der Waals surface area contributed by atoms with Crippen LogP contribution < -0.4 is 5.32 Å². The van der Waals surface area contributed by atoms with Gasteiger partial charge >= 0.3 is 0 Å². The second-order valence-electron chi connectivity index (χ2n) is 8.19. The molecule has 2 saturated heterocycles. The van der Waals surface area contributed by atoms with Gasteiger partial charge in [-0.3, -0.25) is 9.59 Å². The number of rotatable bonds is 5. The van der Waals surface area contributed by atoms with Crippen LogP contribution in [0.1, 0.15) is 64.7 Å². The molecule has 1 N–H and O–H groups in total. The minimum Gasteiger partial charge on any atom is -0.340 e. The molecule has 2 aliphatic heterocycles. The zero-order valence-corrected chi connectivity index (χ0v) is 15.8. The molecule has 0 aromatic rings. The number of hydrogen-bond acceptors (Lipinski definition) is 3. The minimum atomic E-state index is 0.181. The Morgan fingerprint density at radius 2 is 1.96 bits per heavy atom. The van der Waals surface area contributed by atoms with Gasteiger partial charge in [0.05, 0.1) is 6.54 Å². The molecule has 0 spiro atoms. The summed E-state index contributed by atoms with van der Waals surface area (Å²) in [5.41, 5.74) is 0. The SMILES string of the molecule is CCC(CC1CCCCC1)C(=O)N1CCCC(N2CCNCC2=O)C1. The average molecular weight is 350 g/mol. The van der Waals surface area contributed by atoms with E-state index in [-0.39, 0.29) is 17.9 Å². The molecule has 3 aliphatic rings. The van der Waals surface area contributed by atoms with Crippen LogP contribution in [-0.4, -0.2) is 60.4 Å². The largest absolute Gasteiger partial charge is 0.340 e. The fourth-order valence-corrected chi connectivity index (χ4v) is 4.94. The molecule has 3 rings (SSSR count). The number of carbonyl (C=O) groups is 2. The van der Waals surface area contributed by atoms with Gasteiger partial charge in [-0.25, -0.2) is 0 Å². The molecule has 2 unspecified atom stereocenters. The molecule has 5 nitrogen and oxygen atoms in total. The highest BCUT2D eigenvalue weighted by atomic mass is 16.2. The summed E-state index contributed by atoms with van der Waals surface area (Å²) >= 11 is 0. The maximum atomic E-state index is 13.1. The summed E-state index contributed by atoms with van der Waals surface area (Å²) < 4.78 is 0. The first-order valence-electron chi connectivity index (χ1n) is 10.5. The molecule has 3 fully saturated rings. The van der Waals surface area contributed by atoms with Crippen molar-refractivity contribution in [2.75, 3.05) is 32.7 Å². The normalized spacial score (nSPS) is 27.4. The Morgan fingerprint density at radius 1 is 1.16 bits per heavy atom. The van der Waals surface area contributed by atoms with E-state index in [9.17, 15) is 9.59 Å².